The Balaban J connectivity index is 1.44. The highest BCUT2D eigenvalue weighted by atomic mass is 16.5. The maximum absolute atomic E-state index is 5.20. The van der Waals surface area contributed by atoms with Gasteiger partial charge in [-0.1, -0.05) is 12.1 Å². The zero-order valence-electron chi connectivity index (χ0n) is 17.9. The van der Waals surface area contributed by atoms with Crippen molar-refractivity contribution < 1.29 is 4.52 Å². The van der Waals surface area contributed by atoms with Gasteiger partial charge in [-0.15, -0.1) is 0 Å². The van der Waals surface area contributed by atoms with Crippen LogP contribution in [0.4, 0.5) is 5.82 Å². The van der Waals surface area contributed by atoms with Gasteiger partial charge in [0.05, 0.1) is 0 Å². The first kappa shape index (κ1) is 19.8. The molecular formula is C21H31N7O. The van der Waals surface area contributed by atoms with Crippen molar-refractivity contribution in [3.63, 3.8) is 0 Å². The molecule has 0 saturated carbocycles. The van der Waals surface area contributed by atoms with Crippen molar-refractivity contribution in [1.29, 1.82) is 0 Å². The van der Waals surface area contributed by atoms with E-state index in [1.165, 1.54) is 26.2 Å². The minimum absolute atomic E-state index is 0.737. The molecule has 29 heavy (non-hydrogen) atoms. The number of aryl methyl sites for hydroxylation is 2. The number of nitrogens with one attached hydrogen (secondary N) is 1. The van der Waals surface area contributed by atoms with Crippen molar-refractivity contribution in [1.82, 2.24) is 29.6 Å². The zero-order chi connectivity index (χ0) is 20.4. The molecule has 0 aliphatic carbocycles. The van der Waals surface area contributed by atoms with E-state index in [1.807, 2.05) is 30.5 Å². The van der Waals surface area contributed by atoms with Crippen molar-refractivity contribution in [2.24, 2.45) is 0 Å². The van der Waals surface area contributed by atoms with Gasteiger partial charge in [0, 0.05) is 56.1 Å². The van der Waals surface area contributed by atoms with Gasteiger partial charge in [-0.2, -0.15) is 9.61 Å². The molecule has 0 bridgehead atoms. The van der Waals surface area contributed by atoms with E-state index in [0.717, 1.165) is 65.9 Å². The predicted molar refractivity (Wildman–Crippen MR) is 114 cm³/mol. The number of hydrogen-bond acceptors (Lipinski definition) is 7. The van der Waals surface area contributed by atoms with Crippen LogP contribution in [-0.2, 0) is 0 Å². The number of piperazine rings is 1. The Morgan fingerprint density at radius 3 is 2.48 bits per heavy atom. The van der Waals surface area contributed by atoms with E-state index in [2.05, 4.69) is 34.1 Å². The summed E-state index contributed by atoms with van der Waals surface area (Å²) >= 11 is 0. The van der Waals surface area contributed by atoms with E-state index < -0.39 is 0 Å². The summed E-state index contributed by atoms with van der Waals surface area (Å²) in [6.45, 7) is 16.2. The van der Waals surface area contributed by atoms with Crippen LogP contribution in [0.2, 0.25) is 0 Å². The molecule has 1 N–H and O–H groups in total. The van der Waals surface area contributed by atoms with Crippen LogP contribution in [0.1, 0.15) is 30.4 Å². The number of fused-ring (bicyclic) bond motifs is 1. The number of nitrogens with zero attached hydrogens (tertiary/aromatic N) is 6. The smallest absolute Gasteiger partial charge is 0.158 e. The summed E-state index contributed by atoms with van der Waals surface area (Å²) in [6, 6.07) is 3.86. The maximum Gasteiger partial charge on any atom is 0.158 e. The van der Waals surface area contributed by atoms with Crippen LogP contribution >= 0.6 is 0 Å². The van der Waals surface area contributed by atoms with E-state index >= 15 is 0 Å². The van der Waals surface area contributed by atoms with Gasteiger partial charge in [0.1, 0.15) is 23.0 Å². The Hall–Kier alpha value is -2.45. The SMILES string of the molecule is CCN1CCN(CCCNc2c(C)c(C)nc3cc(-c4cc(C)on4)nn23)CC1. The number of hydrogen-bond donors (Lipinski definition) is 1. The molecule has 0 spiro atoms. The molecule has 0 aromatic carbocycles. The van der Waals surface area contributed by atoms with Crippen LogP contribution in [0.25, 0.3) is 17.0 Å². The molecule has 8 nitrogen and oxygen atoms in total. The van der Waals surface area contributed by atoms with E-state index in [9.17, 15) is 0 Å². The summed E-state index contributed by atoms with van der Waals surface area (Å²) in [5, 5.41) is 12.4. The molecular weight excluding hydrogens is 366 g/mol. The molecule has 4 rings (SSSR count). The van der Waals surface area contributed by atoms with E-state index in [-0.39, 0.29) is 0 Å². The molecule has 0 atom stereocenters. The van der Waals surface area contributed by atoms with Crippen molar-refractivity contribution >= 4 is 11.5 Å². The summed E-state index contributed by atoms with van der Waals surface area (Å²) in [6.07, 6.45) is 1.10. The number of rotatable bonds is 7. The van der Waals surface area contributed by atoms with E-state index in [1.54, 1.807) is 0 Å². The second-order valence-electron chi connectivity index (χ2n) is 7.85. The minimum Gasteiger partial charge on any atom is -0.370 e. The first-order valence-corrected chi connectivity index (χ1v) is 10.5. The molecule has 1 fully saturated rings. The highest BCUT2D eigenvalue weighted by molar-refractivity contribution is 5.64. The summed E-state index contributed by atoms with van der Waals surface area (Å²) in [4.78, 5) is 9.77. The first-order valence-electron chi connectivity index (χ1n) is 10.5. The fourth-order valence-corrected chi connectivity index (χ4v) is 3.86. The summed E-state index contributed by atoms with van der Waals surface area (Å²) in [5.74, 6) is 1.78. The highest BCUT2D eigenvalue weighted by Gasteiger charge is 2.17. The van der Waals surface area contributed by atoms with Gasteiger partial charge in [0.2, 0.25) is 0 Å². The molecule has 0 amide bonds. The van der Waals surface area contributed by atoms with Gasteiger partial charge >= 0.3 is 0 Å². The third kappa shape index (κ3) is 4.28. The van der Waals surface area contributed by atoms with Crippen LogP contribution in [0, 0.1) is 20.8 Å². The molecule has 3 aromatic heterocycles. The van der Waals surface area contributed by atoms with Crippen molar-refractivity contribution in [2.45, 2.75) is 34.1 Å². The van der Waals surface area contributed by atoms with Gasteiger partial charge in [0.25, 0.3) is 0 Å². The third-order valence-electron chi connectivity index (χ3n) is 5.83. The third-order valence-corrected chi connectivity index (χ3v) is 5.83. The molecule has 1 aliphatic heterocycles. The van der Waals surface area contributed by atoms with Crippen LogP contribution in [0.3, 0.4) is 0 Å². The molecule has 0 radical (unpaired) electrons. The normalized spacial score (nSPS) is 16.0. The van der Waals surface area contributed by atoms with E-state index in [0.29, 0.717) is 0 Å². The molecule has 156 valence electrons. The lowest BCUT2D eigenvalue weighted by molar-refractivity contribution is 0.137. The Kier molecular flexibility index (Phi) is 5.82. The summed E-state index contributed by atoms with van der Waals surface area (Å²) < 4.78 is 7.09. The van der Waals surface area contributed by atoms with Gasteiger partial charge in [-0.25, -0.2) is 4.98 Å². The summed E-state index contributed by atoms with van der Waals surface area (Å²) in [7, 11) is 0. The molecule has 1 aliphatic rings. The van der Waals surface area contributed by atoms with Crippen LogP contribution < -0.4 is 5.32 Å². The standard InChI is InChI=1S/C21H31N7O/c1-5-26-9-11-27(12-10-26)8-6-7-22-21-16(3)17(4)23-20-14-18(24-28(20)21)19-13-15(2)29-25-19/h13-14,22H,5-12H2,1-4H3. The quantitative estimate of drug-likeness (QED) is 0.615. The maximum atomic E-state index is 5.20. The average molecular weight is 398 g/mol. The molecule has 4 heterocycles. The van der Waals surface area contributed by atoms with Gasteiger partial charge in [0.15, 0.2) is 5.65 Å². The molecule has 1 saturated heterocycles. The fourth-order valence-electron chi connectivity index (χ4n) is 3.86. The van der Waals surface area contributed by atoms with Gasteiger partial charge in [-0.05, 0) is 40.3 Å². The largest absolute Gasteiger partial charge is 0.370 e. The second kappa shape index (κ2) is 8.51. The lowest BCUT2D eigenvalue weighted by Crippen LogP contribution is -2.46. The zero-order valence-corrected chi connectivity index (χ0v) is 17.9. The van der Waals surface area contributed by atoms with Crippen LogP contribution in [0.5, 0.6) is 0 Å². The minimum atomic E-state index is 0.737. The lowest BCUT2D eigenvalue weighted by Gasteiger charge is -2.34. The lowest BCUT2D eigenvalue weighted by atomic mass is 10.2. The van der Waals surface area contributed by atoms with Gasteiger partial charge in [-0.3, -0.25) is 0 Å². The number of aromatic nitrogens is 4. The van der Waals surface area contributed by atoms with Crippen LogP contribution in [-0.4, -0.2) is 75.4 Å². The molecule has 0 unspecified atom stereocenters. The monoisotopic (exact) mass is 397 g/mol. The average Bonchev–Trinajstić information content (AvgIpc) is 3.34. The van der Waals surface area contributed by atoms with Crippen molar-refractivity contribution in [3.8, 4) is 11.4 Å². The van der Waals surface area contributed by atoms with Gasteiger partial charge < -0.3 is 19.6 Å². The number of likely N-dealkylation sites (N-methyl/N-ethyl adjacent to an activating group) is 1. The Morgan fingerprint density at radius 1 is 1.03 bits per heavy atom. The Bertz CT molecular complexity index is 969. The van der Waals surface area contributed by atoms with Crippen molar-refractivity contribution in [3.05, 3.63) is 29.2 Å². The van der Waals surface area contributed by atoms with Crippen LogP contribution in [0.15, 0.2) is 16.7 Å². The molecule has 8 heteroatoms. The topological polar surface area (TPSA) is 74.7 Å². The molecule has 3 aromatic rings. The van der Waals surface area contributed by atoms with E-state index in [4.69, 9.17) is 14.6 Å². The van der Waals surface area contributed by atoms with Crippen molar-refractivity contribution in [2.75, 3.05) is 51.1 Å². The fraction of sp³-hybridized carbons (Fsp3) is 0.571. The second-order valence-corrected chi connectivity index (χ2v) is 7.85. The predicted octanol–water partition coefficient (Wildman–Crippen LogP) is 2.75. The number of anilines is 1. The highest BCUT2D eigenvalue weighted by Crippen LogP contribution is 2.24. The Morgan fingerprint density at radius 2 is 1.79 bits per heavy atom. The summed E-state index contributed by atoms with van der Waals surface area (Å²) in [5.41, 5.74) is 4.47. The first-order chi connectivity index (χ1) is 14.0. The Labute approximate surface area is 171 Å².